The molecule has 0 aliphatic carbocycles. The molecular formula is C12H13FO2S. The molecule has 0 spiro atoms. The summed E-state index contributed by atoms with van der Waals surface area (Å²) >= 11 is 1.22. The number of thioether (sulfide) groups is 1. The molecule has 0 atom stereocenters. The summed E-state index contributed by atoms with van der Waals surface area (Å²) in [5, 5.41) is 0.0746. The summed E-state index contributed by atoms with van der Waals surface area (Å²) in [7, 11) is 1.43. The third-order valence-electron chi connectivity index (χ3n) is 1.87. The van der Waals surface area contributed by atoms with Gasteiger partial charge in [-0.1, -0.05) is 30.0 Å². The normalized spacial score (nSPS) is 10.7. The highest BCUT2D eigenvalue weighted by Gasteiger charge is 2.00. The summed E-state index contributed by atoms with van der Waals surface area (Å²) in [5.41, 5.74) is 0.752. The van der Waals surface area contributed by atoms with Gasteiger partial charge in [0.15, 0.2) is 16.7 Å². The van der Waals surface area contributed by atoms with Crippen LogP contribution < -0.4 is 4.74 Å². The highest BCUT2D eigenvalue weighted by molar-refractivity contribution is 8.13. The van der Waals surface area contributed by atoms with Crippen LogP contribution in [0.1, 0.15) is 12.5 Å². The summed E-state index contributed by atoms with van der Waals surface area (Å²) < 4.78 is 18.1. The molecule has 0 aliphatic rings. The zero-order chi connectivity index (χ0) is 12.0. The van der Waals surface area contributed by atoms with E-state index in [1.165, 1.54) is 31.9 Å². The van der Waals surface area contributed by atoms with Gasteiger partial charge >= 0.3 is 0 Å². The first-order valence-electron chi connectivity index (χ1n) is 4.77. The summed E-state index contributed by atoms with van der Waals surface area (Å²) in [5.74, 6) is 0.447. The molecule has 0 bridgehead atoms. The lowest BCUT2D eigenvalue weighted by molar-refractivity contribution is -0.109. The number of hydrogen-bond donors (Lipinski definition) is 0. The third-order valence-corrected chi connectivity index (χ3v) is 2.63. The number of methoxy groups -OCH3 is 1. The Bertz CT molecular complexity index is 402. The molecule has 86 valence electrons. The van der Waals surface area contributed by atoms with Gasteiger partial charge in [0, 0.05) is 12.7 Å². The Morgan fingerprint density at radius 2 is 2.31 bits per heavy atom. The van der Waals surface area contributed by atoms with Crippen LogP contribution in [0.25, 0.3) is 6.08 Å². The Labute approximate surface area is 98.5 Å². The van der Waals surface area contributed by atoms with Crippen LogP contribution in [0, 0.1) is 5.82 Å². The fourth-order valence-corrected chi connectivity index (χ4v) is 1.56. The minimum atomic E-state index is -0.385. The minimum absolute atomic E-state index is 0.0746. The van der Waals surface area contributed by atoms with Crippen molar-refractivity contribution < 1.29 is 13.9 Å². The van der Waals surface area contributed by atoms with Crippen molar-refractivity contribution in [3.05, 3.63) is 35.7 Å². The third kappa shape index (κ3) is 4.06. The summed E-state index contributed by atoms with van der Waals surface area (Å²) in [6.45, 7) is 1.52. The predicted octanol–water partition coefficient (Wildman–Crippen LogP) is 3.13. The van der Waals surface area contributed by atoms with Crippen molar-refractivity contribution in [2.45, 2.75) is 6.92 Å². The Morgan fingerprint density at radius 1 is 1.56 bits per heavy atom. The second-order valence-electron chi connectivity index (χ2n) is 3.10. The van der Waals surface area contributed by atoms with Crippen LogP contribution in [-0.2, 0) is 4.79 Å². The van der Waals surface area contributed by atoms with Crippen molar-refractivity contribution in [1.29, 1.82) is 0 Å². The van der Waals surface area contributed by atoms with E-state index in [9.17, 15) is 9.18 Å². The van der Waals surface area contributed by atoms with Crippen molar-refractivity contribution in [3.8, 4) is 5.75 Å². The van der Waals surface area contributed by atoms with Gasteiger partial charge in [0.05, 0.1) is 7.11 Å². The molecule has 4 heteroatoms. The van der Waals surface area contributed by atoms with Crippen LogP contribution in [0.15, 0.2) is 24.3 Å². The Balaban J connectivity index is 2.61. The molecule has 0 saturated heterocycles. The maximum atomic E-state index is 13.3. The van der Waals surface area contributed by atoms with E-state index < -0.39 is 0 Å². The van der Waals surface area contributed by atoms with Crippen molar-refractivity contribution in [2.24, 2.45) is 0 Å². The van der Waals surface area contributed by atoms with Gasteiger partial charge in [-0.15, -0.1) is 0 Å². The lowest BCUT2D eigenvalue weighted by atomic mass is 10.2. The SMILES string of the molecule is COc1ccc(C=CCSC(C)=O)cc1F. The van der Waals surface area contributed by atoms with Gasteiger partial charge < -0.3 is 4.74 Å². The summed E-state index contributed by atoms with van der Waals surface area (Å²) in [6, 6.07) is 4.73. The first-order valence-corrected chi connectivity index (χ1v) is 5.75. The Kier molecular flexibility index (Phi) is 5.05. The average molecular weight is 240 g/mol. The number of hydrogen-bond acceptors (Lipinski definition) is 3. The van der Waals surface area contributed by atoms with E-state index in [-0.39, 0.29) is 16.7 Å². The van der Waals surface area contributed by atoms with E-state index in [0.29, 0.717) is 5.75 Å². The topological polar surface area (TPSA) is 26.3 Å². The van der Waals surface area contributed by atoms with Crippen LogP contribution in [0.3, 0.4) is 0 Å². The first kappa shape index (κ1) is 12.8. The zero-order valence-corrected chi connectivity index (χ0v) is 10.0. The maximum absolute atomic E-state index is 13.3. The van der Waals surface area contributed by atoms with E-state index in [1.54, 1.807) is 18.2 Å². The average Bonchev–Trinajstić information content (AvgIpc) is 2.24. The van der Waals surface area contributed by atoms with Crippen molar-refractivity contribution in [1.82, 2.24) is 0 Å². The molecule has 0 unspecified atom stereocenters. The number of rotatable bonds is 4. The molecule has 16 heavy (non-hydrogen) atoms. The quantitative estimate of drug-likeness (QED) is 0.808. The minimum Gasteiger partial charge on any atom is -0.494 e. The molecule has 1 aromatic carbocycles. The lowest BCUT2D eigenvalue weighted by Crippen LogP contribution is -1.88. The molecule has 0 aromatic heterocycles. The lowest BCUT2D eigenvalue weighted by Gasteiger charge is -2.01. The van der Waals surface area contributed by atoms with Crippen molar-refractivity contribution in [2.75, 3.05) is 12.9 Å². The van der Waals surface area contributed by atoms with Gasteiger partial charge in [0.25, 0.3) is 0 Å². The molecule has 1 aromatic rings. The van der Waals surface area contributed by atoms with Crippen LogP contribution >= 0.6 is 11.8 Å². The number of carbonyl (C=O) groups excluding carboxylic acids is 1. The molecule has 0 aliphatic heterocycles. The molecule has 0 heterocycles. The maximum Gasteiger partial charge on any atom is 0.186 e. The van der Waals surface area contributed by atoms with Gasteiger partial charge in [-0.25, -0.2) is 4.39 Å². The Hall–Kier alpha value is -1.29. The van der Waals surface area contributed by atoms with E-state index >= 15 is 0 Å². The van der Waals surface area contributed by atoms with E-state index in [0.717, 1.165) is 5.56 Å². The van der Waals surface area contributed by atoms with Gasteiger partial charge in [-0.3, -0.25) is 4.79 Å². The van der Waals surface area contributed by atoms with E-state index in [2.05, 4.69) is 0 Å². The fourth-order valence-electron chi connectivity index (χ4n) is 1.14. The number of benzene rings is 1. The summed E-state index contributed by atoms with van der Waals surface area (Å²) in [4.78, 5) is 10.6. The molecule has 0 fully saturated rings. The van der Waals surface area contributed by atoms with Gasteiger partial charge in [-0.05, 0) is 17.7 Å². The second kappa shape index (κ2) is 6.33. The Morgan fingerprint density at radius 3 is 2.88 bits per heavy atom. The number of halogens is 1. The molecule has 0 radical (unpaired) electrons. The molecule has 0 saturated carbocycles. The van der Waals surface area contributed by atoms with Crippen LogP contribution in [0.4, 0.5) is 4.39 Å². The van der Waals surface area contributed by atoms with E-state index in [1.807, 2.05) is 6.08 Å². The smallest absolute Gasteiger partial charge is 0.186 e. The van der Waals surface area contributed by atoms with Crippen molar-refractivity contribution >= 4 is 23.0 Å². The number of carbonyl (C=O) groups is 1. The first-order chi connectivity index (χ1) is 7.63. The number of ether oxygens (including phenoxy) is 1. The second-order valence-corrected chi connectivity index (χ2v) is 4.30. The van der Waals surface area contributed by atoms with E-state index in [4.69, 9.17) is 4.74 Å². The molecular weight excluding hydrogens is 227 g/mol. The van der Waals surface area contributed by atoms with Crippen LogP contribution in [-0.4, -0.2) is 18.0 Å². The van der Waals surface area contributed by atoms with Gasteiger partial charge in [-0.2, -0.15) is 0 Å². The van der Waals surface area contributed by atoms with Crippen LogP contribution in [0.5, 0.6) is 5.75 Å². The standard InChI is InChI=1S/C12H13FO2S/c1-9(14)16-7-3-4-10-5-6-12(15-2)11(13)8-10/h3-6,8H,7H2,1-2H3. The monoisotopic (exact) mass is 240 g/mol. The zero-order valence-electron chi connectivity index (χ0n) is 9.20. The van der Waals surface area contributed by atoms with Gasteiger partial charge in [0.2, 0.25) is 0 Å². The highest BCUT2D eigenvalue weighted by Crippen LogP contribution is 2.18. The molecule has 1 rings (SSSR count). The molecule has 0 amide bonds. The van der Waals surface area contributed by atoms with Crippen LogP contribution in [0.2, 0.25) is 0 Å². The van der Waals surface area contributed by atoms with Gasteiger partial charge in [0.1, 0.15) is 0 Å². The highest BCUT2D eigenvalue weighted by atomic mass is 32.2. The predicted molar refractivity (Wildman–Crippen MR) is 65.1 cm³/mol. The van der Waals surface area contributed by atoms with Crippen molar-refractivity contribution in [3.63, 3.8) is 0 Å². The summed E-state index contributed by atoms with van der Waals surface area (Å²) in [6.07, 6.45) is 3.60. The fraction of sp³-hybridized carbons (Fsp3) is 0.250. The largest absolute Gasteiger partial charge is 0.494 e. The molecule has 2 nitrogen and oxygen atoms in total. The molecule has 0 N–H and O–H groups in total.